The fourth-order valence-corrected chi connectivity index (χ4v) is 1.89. The van der Waals surface area contributed by atoms with E-state index in [1.54, 1.807) is 18.2 Å². The summed E-state index contributed by atoms with van der Waals surface area (Å²) in [5.74, 6) is 1.76. The minimum Gasteiger partial charge on any atom is -0.457 e. The summed E-state index contributed by atoms with van der Waals surface area (Å²) in [5, 5.41) is 0.970. The minimum atomic E-state index is 0.400. The lowest BCUT2D eigenvalue weighted by atomic mass is 10.2. The summed E-state index contributed by atoms with van der Waals surface area (Å²) < 4.78 is 5.71. The molecule has 0 amide bonds. The summed E-state index contributed by atoms with van der Waals surface area (Å²) in [5.41, 5.74) is 0.931. The van der Waals surface area contributed by atoms with Crippen molar-refractivity contribution >= 4 is 34.8 Å². The summed E-state index contributed by atoms with van der Waals surface area (Å²) in [7, 11) is 0. The first-order valence-electron chi connectivity index (χ1n) is 4.97. The average molecular weight is 288 g/mol. The second-order valence-corrected chi connectivity index (χ2v) is 4.50. The standard InChI is InChI=1S/C13H9Cl3O/c14-8-9-3-1-2-4-13(9)17-10-5-6-11(15)12(16)7-10/h1-7H,8H2. The first-order valence-corrected chi connectivity index (χ1v) is 6.26. The third-order valence-electron chi connectivity index (χ3n) is 2.24. The van der Waals surface area contributed by atoms with Gasteiger partial charge in [-0.25, -0.2) is 0 Å². The second-order valence-electron chi connectivity index (χ2n) is 3.42. The first-order chi connectivity index (χ1) is 8.20. The molecule has 1 nitrogen and oxygen atoms in total. The molecule has 4 heteroatoms. The van der Waals surface area contributed by atoms with Crippen LogP contribution in [0.1, 0.15) is 5.56 Å². The van der Waals surface area contributed by atoms with E-state index >= 15 is 0 Å². The van der Waals surface area contributed by atoms with Gasteiger partial charge in [0.05, 0.1) is 15.9 Å². The Morgan fingerprint density at radius 3 is 2.41 bits per heavy atom. The SMILES string of the molecule is ClCc1ccccc1Oc1ccc(Cl)c(Cl)c1. The topological polar surface area (TPSA) is 9.23 Å². The third kappa shape index (κ3) is 3.06. The van der Waals surface area contributed by atoms with Crippen LogP contribution in [0.5, 0.6) is 11.5 Å². The van der Waals surface area contributed by atoms with Gasteiger partial charge in [-0.05, 0) is 18.2 Å². The van der Waals surface area contributed by atoms with Gasteiger partial charge in [0, 0.05) is 11.6 Å². The van der Waals surface area contributed by atoms with Crippen molar-refractivity contribution in [3.63, 3.8) is 0 Å². The largest absolute Gasteiger partial charge is 0.457 e. The number of halogens is 3. The van der Waals surface area contributed by atoms with Gasteiger partial charge in [-0.3, -0.25) is 0 Å². The number of para-hydroxylation sites is 1. The molecule has 0 N–H and O–H groups in total. The number of hydrogen-bond acceptors (Lipinski definition) is 1. The molecule has 0 saturated carbocycles. The van der Waals surface area contributed by atoms with E-state index in [4.69, 9.17) is 39.5 Å². The molecule has 0 atom stereocenters. The van der Waals surface area contributed by atoms with Crippen LogP contribution in [0.15, 0.2) is 42.5 Å². The van der Waals surface area contributed by atoms with Gasteiger partial charge in [0.15, 0.2) is 0 Å². The molecule has 0 unspecified atom stereocenters. The molecule has 2 aromatic rings. The predicted molar refractivity (Wildman–Crippen MR) is 72.5 cm³/mol. The van der Waals surface area contributed by atoms with Gasteiger partial charge in [-0.2, -0.15) is 0 Å². The van der Waals surface area contributed by atoms with Gasteiger partial charge in [-0.1, -0.05) is 41.4 Å². The molecule has 2 rings (SSSR count). The van der Waals surface area contributed by atoms with Gasteiger partial charge in [0.1, 0.15) is 11.5 Å². The van der Waals surface area contributed by atoms with Crippen molar-refractivity contribution in [2.75, 3.05) is 0 Å². The van der Waals surface area contributed by atoms with E-state index < -0.39 is 0 Å². The number of hydrogen-bond donors (Lipinski definition) is 0. The highest BCUT2D eigenvalue weighted by atomic mass is 35.5. The summed E-state index contributed by atoms with van der Waals surface area (Å²) in [6, 6.07) is 12.7. The van der Waals surface area contributed by atoms with Crippen molar-refractivity contribution in [1.29, 1.82) is 0 Å². The Hall–Kier alpha value is -0.890. The molecule has 0 heterocycles. The van der Waals surface area contributed by atoms with E-state index in [0.717, 1.165) is 11.3 Å². The molecule has 0 aliphatic rings. The van der Waals surface area contributed by atoms with E-state index in [1.807, 2.05) is 24.3 Å². The molecule has 0 radical (unpaired) electrons. The normalized spacial score (nSPS) is 10.3. The smallest absolute Gasteiger partial charge is 0.131 e. The highest BCUT2D eigenvalue weighted by Crippen LogP contribution is 2.31. The highest BCUT2D eigenvalue weighted by molar-refractivity contribution is 6.42. The first kappa shape index (κ1) is 12.6. The fraction of sp³-hybridized carbons (Fsp3) is 0.0769. The maximum Gasteiger partial charge on any atom is 0.131 e. The van der Waals surface area contributed by atoms with Gasteiger partial charge in [0.25, 0.3) is 0 Å². The number of benzene rings is 2. The van der Waals surface area contributed by atoms with Crippen LogP contribution >= 0.6 is 34.8 Å². The van der Waals surface area contributed by atoms with Gasteiger partial charge in [-0.15, -0.1) is 11.6 Å². The Bertz CT molecular complexity index is 526. The van der Waals surface area contributed by atoms with Gasteiger partial charge < -0.3 is 4.74 Å². The van der Waals surface area contributed by atoms with Gasteiger partial charge >= 0.3 is 0 Å². The van der Waals surface area contributed by atoms with Crippen LogP contribution in [0.4, 0.5) is 0 Å². The Balaban J connectivity index is 2.28. The van der Waals surface area contributed by atoms with E-state index in [-0.39, 0.29) is 0 Å². The van der Waals surface area contributed by atoms with E-state index in [9.17, 15) is 0 Å². The summed E-state index contributed by atoms with van der Waals surface area (Å²) in [6.45, 7) is 0. The monoisotopic (exact) mass is 286 g/mol. The predicted octanol–water partition coefficient (Wildman–Crippen LogP) is 5.52. The molecule has 88 valence electrons. The second kappa shape index (κ2) is 5.63. The van der Waals surface area contributed by atoms with E-state index in [2.05, 4.69) is 0 Å². The van der Waals surface area contributed by atoms with Crippen LogP contribution in [0, 0.1) is 0 Å². The third-order valence-corrected chi connectivity index (χ3v) is 3.26. The fourth-order valence-electron chi connectivity index (χ4n) is 1.38. The van der Waals surface area contributed by atoms with Crippen LogP contribution < -0.4 is 4.74 Å². The Labute approximate surface area is 115 Å². The molecule has 0 saturated heterocycles. The molecule has 0 fully saturated rings. The lowest BCUT2D eigenvalue weighted by Crippen LogP contribution is -1.89. The van der Waals surface area contributed by atoms with Crippen molar-refractivity contribution in [3.05, 3.63) is 58.1 Å². The van der Waals surface area contributed by atoms with Crippen molar-refractivity contribution in [2.24, 2.45) is 0 Å². The van der Waals surface area contributed by atoms with E-state index in [1.165, 1.54) is 0 Å². The van der Waals surface area contributed by atoms with E-state index in [0.29, 0.717) is 21.7 Å². The molecule has 0 aliphatic heterocycles. The average Bonchev–Trinajstić information content (AvgIpc) is 2.34. The Morgan fingerprint density at radius 2 is 1.71 bits per heavy atom. The van der Waals surface area contributed by atoms with Crippen LogP contribution in [0.3, 0.4) is 0 Å². The van der Waals surface area contributed by atoms with Crippen molar-refractivity contribution in [3.8, 4) is 11.5 Å². The summed E-state index contributed by atoms with van der Waals surface area (Å²) in [4.78, 5) is 0. The van der Waals surface area contributed by atoms with Crippen molar-refractivity contribution in [2.45, 2.75) is 5.88 Å². The lowest BCUT2D eigenvalue weighted by Gasteiger charge is -2.09. The highest BCUT2D eigenvalue weighted by Gasteiger charge is 2.05. The molecule has 0 spiro atoms. The Kier molecular flexibility index (Phi) is 4.16. The maximum atomic E-state index is 5.92. The van der Waals surface area contributed by atoms with Crippen molar-refractivity contribution in [1.82, 2.24) is 0 Å². The van der Waals surface area contributed by atoms with Crippen LogP contribution in [-0.2, 0) is 5.88 Å². The summed E-state index contributed by atoms with van der Waals surface area (Å²) >= 11 is 17.6. The number of alkyl halides is 1. The Morgan fingerprint density at radius 1 is 0.941 bits per heavy atom. The zero-order chi connectivity index (χ0) is 12.3. The van der Waals surface area contributed by atoms with Crippen LogP contribution in [-0.4, -0.2) is 0 Å². The van der Waals surface area contributed by atoms with Gasteiger partial charge in [0.2, 0.25) is 0 Å². The number of ether oxygens (including phenoxy) is 1. The van der Waals surface area contributed by atoms with Crippen LogP contribution in [0.25, 0.3) is 0 Å². The molecular formula is C13H9Cl3O. The molecule has 0 bridgehead atoms. The number of rotatable bonds is 3. The molecule has 0 aliphatic carbocycles. The summed E-state index contributed by atoms with van der Waals surface area (Å²) in [6.07, 6.45) is 0. The zero-order valence-corrected chi connectivity index (χ0v) is 11.1. The quantitative estimate of drug-likeness (QED) is 0.675. The molecule has 0 aromatic heterocycles. The van der Waals surface area contributed by atoms with Crippen molar-refractivity contribution < 1.29 is 4.74 Å². The lowest BCUT2D eigenvalue weighted by molar-refractivity contribution is 0.478. The molecule has 17 heavy (non-hydrogen) atoms. The molecular weight excluding hydrogens is 279 g/mol. The maximum absolute atomic E-state index is 5.92. The zero-order valence-electron chi connectivity index (χ0n) is 8.79. The van der Waals surface area contributed by atoms with Crippen LogP contribution in [0.2, 0.25) is 10.0 Å². The molecule has 2 aromatic carbocycles. The minimum absolute atomic E-state index is 0.400.